The largest absolute Gasteiger partial charge is 0.454 e. The van der Waals surface area contributed by atoms with Gasteiger partial charge in [0.1, 0.15) is 11.7 Å². The minimum atomic E-state index is -0.861. The van der Waals surface area contributed by atoms with Crippen LogP contribution in [0.4, 0.5) is 5.82 Å². The number of nitrogens with one attached hydrogen (secondary N) is 1. The first-order valence-electron chi connectivity index (χ1n) is 8.92. The van der Waals surface area contributed by atoms with Crippen molar-refractivity contribution in [3.8, 4) is 23.3 Å². The van der Waals surface area contributed by atoms with Gasteiger partial charge in [0.15, 0.2) is 11.5 Å². The Labute approximate surface area is 161 Å². The van der Waals surface area contributed by atoms with Crippen LogP contribution >= 0.6 is 0 Å². The van der Waals surface area contributed by atoms with E-state index in [9.17, 15) is 10.1 Å². The number of nitriles is 1. The van der Waals surface area contributed by atoms with Crippen LogP contribution in [0.5, 0.6) is 11.5 Å². The van der Waals surface area contributed by atoms with E-state index in [-0.39, 0.29) is 12.7 Å². The highest BCUT2D eigenvalue weighted by molar-refractivity contribution is 5.98. The van der Waals surface area contributed by atoms with Crippen molar-refractivity contribution in [2.45, 2.75) is 12.8 Å². The van der Waals surface area contributed by atoms with E-state index in [1.165, 1.54) is 0 Å². The van der Waals surface area contributed by atoms with Crippen molar-refractivity contribution < 1.29 is 14.3 Å². The van der Waals surface area contributed by atoms with E-state index in [4.69, 9.17) is 9.47 Å². The maximum Gasteiger partial charge on any atom is 0.243 e. The summed E-state index contributed by atoms with van der Waals surface area (Å²) in [6.07, 6.45) is 0. The van der Waals surface area contributed by atoms with Gasteiger partial charge in [0.2, 0.25) is 12.7 Å². The molecule has 0 fully saturated rings. The number of aromatic nitrogens is 2. The first-order chi connectivity index (χ1) is 13.7. The number of rotatable bonds is 2. The Kier molecular flexibility index (Phi) is 3.59. The van der Waals surface area contributed by atoms with Crippen molar-refractivity contribution in [3.63, 3.8) is 0 Å². The molecule has 7 heteroatoms. The summed E-state index contributed by atoms with van der Waals surface area (Å²) in [5.41, 5.74) is 3.27. The monoisotopic (exact) mass is 372 g/mol. The molecule has 2 aliphatic rings. The van der Waals surface area contributed by atoms with Crippen molar-refractivity contribution in [2.75, 3.05) is 12.1 Å². The fourth-order valence-corrected chi connectivity index (χ4v) is 3.90. The molecule has 2 aromatic carbocycles. The van der Waals surface area contributed by atoms with Crippen LogP contribution in [0, 0.1) is 24.2 Å². The van der Waals surface area contributed by atoms with Gasteiger partial charge >= 0.3 is 0 Å². The predicted octanol–water partition coefficient (Wildman–Crippen LogP) is 3.13. The molecule has 7 nitrogen and oxygen atoms in total. The van der Waals surface area contributed by atoms with Crippen molar-refractivity contribution in [2.24, 2.45) is 5.92 Å². The number of fused-ring (bicyclic) bond motifs is 2. The molecule has 3 aromatic rings. The number of benzene rings is 2. The minimum Gasteiger partial charge on any atom is -0.454 e. The fraction of sp³-hybridized carbons (Fsp3) is 0.190. The molecule has 138 valence electrons. The molecule has 0 unspecified atom stereocenters. The lowest BCUT2D eigenvalue weighted by atomic mass is 9.78. The Morgan fingerprint density at radius 1 is 1.18 bits per heavy atom. The lowest BCUT2D eigenvalue weighted by Gasteiger charge is -2.28. The molecular formula is C21H16N4O3. The van der Waals surface area contributed by atoms with Gasteiger partial charge in [-0.2, -0.15) is 10.4 Å². The summed E-state index contributed by atoms with van der Waals surface area (Å²) in [4.78, 5) is 12.8. The topological polar surface area (TPSA) is 89.2 Å². The number of ether oxygens (including phenoxy) is 2. The number of carbonyl (C=O) groups is 1. The Balaban J connectivity index is 1.71. The maximum absolute atomic E-state index is 12.8. The van der Waals surface area contributed by atoms with E-state index in [1.54, 1.807) is 4.68 Å². The molecule has 0 bridgehead atoms. The van der Waals surface area contributed by atoms with Crippen molar-refractivity contribution in [3.05, 3.63) is 65.4 Å². The molecule has 1 amide bonds. The summed E-state index contributed by atoms with van der Waals surface area (Å²) in [5.74, 6) is 0.239. The van der Waals surface area contributed by atoms with Gasteiger partial charge in [-0.3, -0.25) is 4.79 Å². The second-order valence-electron chi connectivity index (χ2n) is 6.78. The molecule has 1 N–H and O–H groups in total. The predicted molar refractivity (Wildman–Crippen MR) is 100 cm³/mol. The van der Waals surface area contributed by atoms with Gasteiger partial charge in [0.25, 0.3) is 0 Å². The summed E-state index contributed by atoms with van der Waals surface area (Å²) in [6.45, 7) is 2.06. The quantitative estimate of drug-likeness (QED) is 0.746. The third-order valence-electron chi connectivity index (χ3n) is 5.17. The lowest BCUT2D eigenvalue weighted by molar-refractivity contribution is -0.119. The van der Waals surface area contributed by atoms with Crippen LogP contribution in [0.2, 0.25) is 0 Å². The smallest absolute Gasteiger partial charge is 0.243 e. The Hall–Kier alpha value is -3.79. The van der Waals surface area contributed by atoms with E-state index in [0.29, 0.717) is 17.3 Å². The zero-order valence-electron chi connectivity index (χ0n) is 15.0. The first kappa shape index (κ1) is 16.4. The normalized spacial score (nSPS) is 19.6. The summed E-state index contributed by atoms with van der Waals surface area (Å²) < 4.78 is 12.6. The van der Waals surface area contributed by atoms with Crippen LogP contribution < -0.4 is 14.8 Å². The standard InChI is InChI=1S/C21H16N4O3/c1-12-18-19(13-7-8-16-17(9-13)28-11-27-16)15(10-22)21(26)23-20(18)25(24-12)14-5-3-2-4-6-14/h2-9,15,19H,11H2,1H3,(H,23,26)/t15-,19-/m1/s1. The van der Waals surface area contributed by atoms with Crippen molar-refractivity contribution >= 4 is 11.7 Å². The van der Waals surface area contributed by atoms with Crippen LogP contribution in [-0.4, -0.2) is 22.5 Å². The van der Waals surface area contributed by atoms with Crippen LogP contribution in [0.1, 0.15) is 22.7 Å². The Morgan fingerprint density at radius 2 is 1.96 bits per heavy atom. The van der Waals surface area contributed by atoms with Gasteiger partial charge in [0, 0.05) is 11.5 Å². The van der Waals surface area contributed by atoms with Gasteiger partial charge in [-0.1, -0.05) is 24.3 Å². The molecular weight excluding hydrogens is 356 g/mol. The third kappa shape index (κ3) is 2.35. The first-order valence-corrected chi connectivity index (χ1v) is 8.92. The van der Waals surface area contributed by atoms with Crippen molar-refractivity contribution in [1.29, 1.82) is 5.26 Å². The van der Waals surface area contributed by atoms with Crippen LogP contribution in [0.15, 0.2) is 48.5 Å². The van der Waals surface area contributed by atoms with Crippen LogP contribution in [0.25, 0.3) is 5.69 Å². The molecule has 2 atom stereocenters. The molecule has 0 radical (unpaired) electrons. The number of para-hydroxylation sites is 1. The number of carbonyl (C=O) groups excluding carboxylic acids is 1. The summed E-state index contributed by atoms with van der Waals surface area (Å²) in [7, 11) is 0. The molecule has 28 heavy (non-hydrogen) atoms. The fourth-order valence-electron chi connectivity index (χ4n) is 3.90. The molecule has 1 aromatic heterocycles. The summed E-state index contributed by atoms with van der Waals surface area (Å²) in [6, 6.07) is 17.3. The average Bonchev–Trinajstić information content (AvgIpc) is 3.31. The van der Waals surface area contributed by atoms with Crippen molar-refractivity contribution in [1.82, 2.24) is 9.78 Å². The number of hydrogen-bond donors (Lipinski definition) is 1. The highest BCUT2D eigenvalue weighted by atomic mass is 16.7. The third-order valence-corrected chi connectivity index (χ3v) is 5.17. The van der Waals surface area contributed by atoms with Gasteiger partial charge in [-0.15, -0.1) is 0 Å². The van der Waals surface area contributed by atoms with Crippen LogP contribution in [-0.2, 0) is 4.79 Å². The highest BCUT2D eigenvalue weighted by Crippen LogP contribution is 2.45. The molecule has 3 heterocycles. The van der Waals surface area contributed by atoms with Gasteiger partial charge in [0.05, 0.1) is 17.5 Å². The molecule has 0 saturated heterocycles. The second-order valence-corrected chi connectivity index (χ2v) is 6.78. The zero-order chi connectivity index (χ0) is 19.3. The number of anilines is 1. The lowest BCUT2D eigenvalue weighted by Crippen LogP contribution is -2.34. The number of nitrogens with zero attached hydrogens (tertiary/aromatic N) is 3. The highest BCUT2D eigenvalue weighted by Gasteiger charge is 2.41. The summed E-state index contributed by atoms with van der Waals surface area (Å²) >= 11 is 0. The molecule has 5 rings (SSSR count). The number of aryl methyl sites for hydroxylation is 1. The van der Waals surface area contributed by atoms with E-state index >= 15 is 0 Å². The van der Waals surface area contributed by atoms with E-state index < -0.39 is 11.8 Å². The summed E-state index contributed by atoms with van der Waals surface area (Å²) in [5, 5.41) is 17.3. The van der Waals surface area contributed by atoms with Gasteiger partial charge in [-0.05, 0) is 36.8 Å². The SMILES string of the molecule is Cc1nn(-c2ccccc2)c2c1[C@H](c1ccc3c(c1)OCO3)[C@@H](C#N)C(=O)N2. The average molecular weight is 372 g/mol. The molecule has 0 aliphatic carbocycles. The van der Waals surface area contributed by atoms with E-state index in [0.717, 1.165) is 22.5 Å². The number of hydrogen-bond acceptors (Lipinski definition) is 5. The number of amides is 1. The maximum atomic E-state index is 12.8. The molecule has 2 aliphatic heterocycles. The zero-order valence-corrected chi connectivity index (χ0v) is 15.0. The molecule has 0 saturated carbocycles. The Morgan fingerprint density at radius 3 is 2.75 bits per heavy atom. The second kappa shape index (κ2) is 6.13. The van der Waals surface area contributed by atoms with E-state index in [2.05, 4.69) is 16.5 Å². The molecule has 0 spiro atoms. The van der Waals surface area contributed by atoms with Gasteiger partial charge < -0.3 is 14.8 Å². The Bertz CT molecular complexity index is 1130. The van der Waals surface area contributed by atoms with Gasteiger partial charge in [-0.25, -0.2) is 4.68 Å². The van der Waals surface area contributed by atoms with Crippen LogP contribution in [0.3, 0.4) is 0 Å². The minimum absolute atomic E-state index is 0.168. The van der Waals surface area contributed by atoms with E-state index in [1.807, 2.05) is 55.5 Å².